The summed E-state index contributed by atoms with van der Waals surface area (Å²) in [4.78, 5) is 11.2. The molecule has 1 fully saturated rings. The van der Waals surface area contributed by atoms with Crippen LogP contribution in [0, 0.1) is 5.92 Å². The quantitative estimate of drug-likeness (QED) is 0.579. The van der Waals surface area contributed by atoms with E-state index in [9.17, 15) is 4.79 Å². The molecule has 1 aliphatic carbocycles. The van der Waals surface area contributed by atoms with Crippen molar-refractivity contribution in [2.45, 2.75) is 58.4 Å². The van der Waals surface area contributed by atoms with Gasteiger partial charge in [-0.3, -0.25) is 4.79 Å². The zero-order valence-electron chi connectivity index (χ0n) is 10.6. The van der Waals surface area contributed by atoms with Gasteiger partial charge in [-0.25, -0.2) is 0 Å². The van der Waals surface area contributed by atoms with Gasteiger partial charge in [-0.1, -0.05) is 26.2 Å². The van der Waals surface area contributed by atoms with Gasteiger partial charge in [0.05, 0.1) is 13.2 Å². The van der Waals surface area contributed by atoms with E-state index in [1.165, 1.54) is 38.5 Å². The van der Waals surface area contributed by atoms with Crippen molar-refractivity contribution in [1.82, 2.24) is 5.32 Å². The minimum Gasteiger partial charge on any atom is -0.465 e. The van der Waals surface area contributed by atoms with E-state index in [0.29, 0.717) is 19.2 Å². The summed E-state index contributed by atoms with van der Waals surface area (Å²) in [6.07, 6.45) is 7.66. The summed E-state index contributed by atoms with van der Waals surface area (Å²) in [5.74, 6) is 0.771. The van der Waals surface area contributed by atoms with Crippen molar-refractivity contribution >= 4 is 5.97 Å². The predicted molar refractivity (Wildman–Crippen MR) is 65.3 cm³/mol. The van der Waals surface area contributed by atoms with Crippen LogP contribution < -0.4 is 5.32 Å². The Morgan fingerprint density at radius 2 is 2.06 bits per heavy atom. The van der Waals surface area contributed by atoms with E-state index in [1.54, 1.807) is 0 Å². The van der Waals surface area contributed by atoms with E-state index >= 15 is 0 Å². The van der Waals surface area contributed by atoms with Crippen LogP contribution in [0.1, 0.15) is 52.4 Å². The molecule has 3 heteroatoms. The van der Waals surface area contributed by atoms with Gasteiger partial charge in [0, 0.05) is 6.04 Å². The standard InChI is InChI=1S/C13H25NO2/c1-3-11-6-5-7-12(9-8-11)14-10-13(15)16-4-2/h11-12,14H,3-10H2,1-2H3. The number of hydrogen-bond acceptors (Lipinski definition) is 3. The Labute approximate surface area is 98.9 Å². The van der Waals surface area contributed by atoms with Crippen molar-refractivity contribution in [3.8, 4) is 0 Å². The van der Waals surface area contributed by atoms with E-state index in [0.717, 1.165) is 5.92 Å². The van der Waals surface area contributed by atoms with Gasteiger partial charge in [-0.05, 0) is 32.1 Å². The summed E-state index contributed by atoms with van der Waals surface area (Å²) in [6, 6.07) is 0.515. The first-order valence-corrected chi connectivity index (χ1v) is 6.65. The zero-order chi connectivity index (χ0) is 11.8. The highest BCUT2D eigenvalue weighted by molar-refractivity contribution is 5.71. The molecule has 0 radical (unpaired) electrons. The van der Waals surface area contributed by atoms with Crippen molar-refractivity contribution in [3.63, 3.8) is 0 Å². The molecule has 0 amide bonds. The normalized spacial score (nSPS) is 26.1. The molecule has 0 aromatic heterocycles. The Balaban J connectivity index is 2.19. The molecule has 0 aliphatic heterocycles. The Kier molecular flexibility index (Phi) is 6.46. The number of ether oxygens (including phenoxy) is 1. The van der Waals surface area contributed by atoms with Gasteiger partial charge in [0.2, 0.25) is 0 Å². The highest BCUT2D eigenvalue weighted by Gasteiger charge is 2.18. The summed E-state index contributed by atoms with van der Waals surface area (Å²) >= 11 is 0. The highest BCUT2D eigenvalue weighted by atomic mass is 16.5. The maximum absolute atomic E-state index is 11.2. The number of carbonyl (C=O) groups is 1. The van der Waals surface area contributed by atoms with E-state index in [4.69, 9.17) is 4.74 Å². The molecule has 0 bridgehead atoms. The second-order valence-electron chi connectivity index (χ2n) is 4.67. The molecule has 1 rings (SSSR count). The highest BCUT2D eigenvalue weighted by Crippen LogP contribution is 2.25. The lowest BCUT2D eigenvalue weighted by molar-refractivity contribution is -0.142. The first kappa shape index (κ1) is 13.5. The lowest BCUT2D eigenvalue weighted by Gasteiger charge is -2.15. The molecule has 0 saturated heterocycles. The van der Waals surface area contributed by atoms with E-state index in [1.807, 2.05) is 6.92 Å². The molecule has 0 heterocycles. The third kappa shape index (κ3) is 4.97. The molecule has 1 aliphatic rings. The SMILES string of the molecule is CCOC(=O)CNC1CCCC(CC)CC1. The second kappa shape index (κ2) is 7.66. The van der Waals surface area contributed by atoms with E-state index in [-0.39, 0.29) is 5.97 Å². The van der Waals surface area contributed by atoms with Crippen molar-refractivity contribution in [1.29, 1.82) is 0 Å². The summed E-state index contributed by atoms with van der Waals surface area (Å²) < 4.78 is 4.91. The molecule has 0 spiro atoms. The lowest BCUT2D eigenvalue weighted by atomic mass is 9.98. The van der Waals surface area contributed by atoms with Crippen LogP contribution in [0.3, 0.4) is 0 Å². The largest absolute Gasteiger partial charge is 0.465 e. The lowest BCUT2D eigenvalue weighted by Crippen LogP contribution is -2.34. The van der Waals surface area contributed by atoms with Gasteiger partial charge in [0.15, 0.2) is 0 Å². The van der Waals surface area contributed by atoms with Crippen molar-refractivity contribution < 1.29 is 9.53 Å². The van der Waals surface area contributed by atoms with Crippen LogP contribution in [-0.2, 0) is 9.53 Å². The molecule has 94 valence electrons. The Bertz CT molecular complexity index is 206. The molecule has 16 heavy (non-hydrogen) atoms. The third-order valence-electron chi connectivity index (χ3n) is 3.51. The predicted octanol–water partition coefficient (Wildman–Crippen LogP) is 2.50. The van der Waals surface area contributed by atoms with E-state index < -0.39 is 0 Å². The number of carbonyl (C=O) groups excluding carboxylic acids is 1. The van der Waals surface area contributed by atoms with Gasteiger partial charge >= 0.3 is 5.97 Å². The van der Waals surface area contributed by atoms with Crippen molar-refractivity contribution in [2.75, 3.05) is 13.2 Å². The van der Waals surface area contributed by atoms with Gasteiger partial charge in [-0.15, -0.1) is 0 Å². The minimum absolute atomic E-state index is 0.126. The Hall–Kier alpha value is -0.570. The summed E-state index contributed by atoms with van der Waals surface area (Å²) in [5.41, 5.74) is 0. The molecule has 1 saturated carbocycles. The average molecular weight is 227 g/mol. The number of hydrogen-bond donors (Lipinski definition) is 1. The van der Waals surface area contributed by atoms with Gasteiger partial charge in [0.25, 0.3) is 0 Å². The molecule has 3 nitrogen and oxygen atoms in total. The van der Waals surface area contributed by atoms with Gasteiger partial charge in [-0.2, -0.15) is 0 Å². The zero-order valence-corrected chi connectivity index (χ0v) is 10.6. The van der Waals surface area contributed by atoms with Gasteiger partial charge < -0.3 is 10.1 Å². The molecule has 0 aromatic carbocycles. The van der Waals surface area contributed by atoms with E-state index in [2.05, 4.69) is 12.2 Å². The molecule has 2 atom stereocenters. The maximum atomic E-state index is 11.2. The van der Waals surface area contributed by atoms with Crippen molar-refractivity contribution in [3.05, 3.63) is 0 Å². The van der Waals surface area contributed by atoms with Crippen LogP contribution in [0.5, 0.6) is 0 Å². The smallest absolute Gasteiger partial charge is 0.319 e. The third-order valence-corrected chi connectivity index (χ3v) is 3.51. The summed E-state index contributed by atoms with van der Waals surface area (Å²) in [5, 5.41) is 3.32. The summed E-state index contributed by atoms with van der Waals surface area (Å²) in [6.45, 7) is 4.96. The topological polar surface area (TPSA) is 38.3 Å². The molecule has 0 aromatic rings. The number of esters is 1. The fourth-order valence-electron chi connectivity index (χ4n) is 2.43. The first-order chi connectivity index (χ1) is 7.76. The number of nitrogens with one attached hydrogen (secondary N) is 1. The minimum atomic E-state index is -0.126. The monoisotopic (exact) mass is 227 g/mol. The fourth-order valence-corrected chi connectivity index (χ4v) is 2.43. The van der Waals surface area contributed by atoms with Crippen LogP contribution >= 0.6 is 0 Å². The molecule has 1 N–H and O–H groups in total. The summed E-state index contributed by atoms with van der Waals surface area (Å²) in [7, 11) is 0. The maximum Gasteiger partial charge on any atom is 0.319 e. The van der Waals surface area contributed by atoms with Crippen LogP contribution in [0.4, 0.5) is 0 Å². The van der Waals surface area contributed by atoms with Crippen LogP contribution in [0.15, 0.2) is 0 Å². The first-order valence-electron chi connectivity index (χ1n) is 6.65. The van der Waals surface area contributed by atoms with Crippen LogP contribution in [-0.4, -0.2) is 25.2 Å². The molecular formula is C13H25NO2. The molecular weight excluding hydrogens is 202 g/mol. The second-order valence-corrected chi connectivity index (χ2v) is 4.67. The fraction of sp³-hybridized carbons (Fsp3) is 0.923. The Morgan fingerprint density at radius 3 is 2.75 bits per heavy atom. The van der Waals surface area contributed by atoms with Crippen LogP contribution in [0.25, 0.3) is 0 Å². The van der Waals surface area contributed by atoms with Crippen LogP contribution in [0.2, 0.25) is 0 Å². The molecule has 2 unspecified atom stereocenters. The average Bonchev–Trinajstić information content (AvgIpc) is 2.51. The van der Waals surface area contributed by atoms with Gasteiger partial charge in [0.1, 0.15) is 0 Å². The Morgan fingerprint density at radius 1 is 1.25 bits per heavy atom. The number of rotatable bonds is 5. The van der Waals surface area contributed by atoms with Crippen molar-refractivity contribution in [2.24, 2.45) is 5.92 Å².